The summed E-state index contributed by atoms with van der Waals surface area (Å²) in [4.78, 5) is 19.4. The third kappa shape index (κ3) is 2.28. The van der Waals surface area contributed by atoms with E-state index in [2.05, 4.69) is 28.5 Å². The summed E-state index contributed by atoms with van der Waals surface area (Å²) in [5.74, 6) is 0.412. The Bertz CT molecular complexity index is 319. The Morgan fingerprint density at radius 2 is 1.67 bits per heavy atom. The smallest absolute Gasteiger partial charge is 0.240 e. The molecule has 3 fully saturated rings. The van der Waals surface area contributed by atoms with Crippen molar-refractivity contribution in [2.45, 2.75) is 51.2 Å². The minimum absolute atomic E-state index is 0.194. The number of carbonyl (C=O) groups is 1. The van der Waals surface area contributed by atoms with Crippen molar-refractivity contribution in [2.24, 2.45) is 0 Å². The number of nitrogens with zero attached hydrogens (tertiary/aromatic N) is 3. The monoisotopic (exact) mass is 251 g/mol. The predicted molar refractivity (Wildman–Crippen MR) is 71.4 cm³/mol. The maximum Gasteiger partial charge on any atom is 0.240 e. The molecule has 0 aromatic heterocycles. The zero-order valence-corrected chi connectivity index (χ0v) is 11.6. The minimum atomic E-state index is 0.194. The van der Waals surface area contributed by atoms with Crippen LogP contribution in [-0.2, 0) is 4.79 Å². The summed E-state index contributed by atoms with van der Waals surface area (Å²) in [6.45, 7) is 9.87. The molecule has 2 saturated heterocycles. The number of piperazine rings is 1. The van der Waals surface area contributed by atoms with Crippen molar-refractivity contribution in [1.29, 1.82) is 0 Å². The molecule has 1 aliphatic carbocycles. The summed E-state index contributed by atoms with van der Waals surface area (Å²) in [6, 6.07) is 1.42. The van der Waals surface area contributed by atoms with Gasteiger partial charge in [0.25, 0.3) is 0 Å². The Morgan fingerprint density at radius 1 is 1.00 bits per heavy atom. The fraction of sp³-hybridized carbons (Fsp3) is 0.929. The lowest BCUT2D eigenvalue weighted by Crippen LogP contribution is -2.54. The number of rotatable bonds is 3. The van der Waals surface area contributed by atoms with Gasteiger partial charge in [-0.3, -0.25) is 14.6 Å². The molecule has 1 unspecified atom stereocenters. The van der Waals surface area contributed by atoms with E-state index < -0.39 is 0 Å². The molecule has 1 saturated carbocycles. The molecule has 1 atom stereocenters. The lowest BCUT2D eigenvalue weighted by atomic mass is 10.1. The molecule has 102 valence electrons. The van der Waals surface area contributed by atoms with E-state index in [4.69, 9.17) is 0 Å². The van der Waals surface area contributed by atoms with Crippen molar-refractivity contribution in [3.63, 3.8) is 0 Å². The normalized spacial score (nSPS) is 31.6. The SMILES string of the molecule is CC(C)N1CCN(C2CCN(C3CC3)C2=O)CC1. The third-order valence-electron chi connectivity index (χ3n) is 4.72. The maximum atomic E-state index is 12.4. The van der Waals surface area contributed by atoms with Crippen molar-refractivity contribution >= 4 is 5.91 Å². The van der Waals surface area contributed by atoms with E-state index in [0.717, 1.165) is 39.1 Å². The molecule has 3 aliphatic rings. The van der Waals surface area contributed by atoms with Crippen LogP contribution in [0, 0.1) is 0 Å². The number of carbonyl (C=O) groups excluding carboxylic acids is 1. The van der Waals surface area contributed by atoms with E-state index in [1.165, 1.54) is 12.8 Å². The molecule has 0 aromatic carbocycles. The summed E-state index contributed by atoms with van der Waals surface area (Å²) in [7, 11) is 0. The highest BCUT2D eigenvalue weighted by Gasteiger charge is 2.43. The van der Waals surface area contributed by atoms with Crippen LogP contribution in [0.4, 0.5) is 0 Å². The second-order valence-electron chi connectivity index (χ2n) is 6.23. The van der Waals surface area contributed by atoms with Crippen LogP contribution in [0.2, 0.25) is 0 Å². The highest BCUT2D eigenvalue weighted by atomic mass is 16.2. The van der Waals surface area contributed by atoms with Crippen molar-refractivity contribution in [2.75, 3.05) is 32.7 Å². The van der Waals surface area contributed by atoms with E-state index in [9.17, 15) is 4.79 Å². The van der Waals surface area contributed by atoms with Gasteiger partial charge in [-0.2, -0.15) is 0 Å². The summed E-state index contributed by atoms with van der Waals surface area (Å²) < 4.78 is 0. The van der Waals surface area contributed by atoms with Crippen LogP contribution in [0.3, 0.4) is 0 Å². The fourth-order valence-electron chi connectivity index (χ4n) is 3.34. The van der Waals surface area contributed by atoms with Crippen molar-refractivity contribution in [3.05, 3.63) is 0 Å². The summed E-state index contributed by atoms with van der Waals surface area (Å²) in [6.07, 6.45) is 3.52. The minimum Gasteiger partial charge on any atom is -0.338 e. The van der Waals surface area contributed by atoms with Gasteiger partial charge in [-0.1, -0.05) is 0 Å². The van der Waals surface area contributed by atoms with Crippen LogP contribution >= 0.6 is 0 Å². The fourth-order valence-corrected chi connectivity index (χ4v) is 3.34. The molecular weight excluding hydrogens is 226 g/mol. The molecule has 18 heavy (non-hydrogen) atoms. The first-order chi connectivity index (χ1) is 8.66. The van der Waals surface area contributed by atoms with Crippen LogP contribution in [0.1, 0.15) is 33.1 Å². The zero-order chi connectivity index (χ0) is 12.7. The molecule has 0 radical (unpaired) electrons. The first-order valence-electron chi connectivity index (χ1n) is 7.45. The van der Waals surface area contributed by atoms with Crippen molar-refractivity contribution in [3.8, 4) is 0 Å². The second kappa shape index (κ2) is 4.82. The number of amides is 1. The molecule has 2 aliphatic heterocycles. The highest BCUT2D eigenvalue weighted by Crippen LogP contribution is 2.32. The van der Waals surface area contributed by atoms with E-state index >= 15 is 0 Å². The van der Waals surface area contributed by atoms with Crippen LogP contribution in [0.15, 0.2) is 0 Å². The van der Waals surface area contributed by atoms with Gasteiger partial charge in [0.15, 0.2) is 0 Å². The molecule has 0 aromatic rings. The molecule has 4 heteroatoms. The van der Waals surface area contributed by atoms with Crippen LogP contribution < -0.4 is 0 Å². The average molecular weight is 251 g/mol. The van der Waals surface area contributed by atoms with Gasteiger partial charge in [-0.15, -0.1) is 0 Å². The quantitative estimate of drug-likeness (QED) is 0.741. The topological polar surface area (TPSA) is 26.8 Å². The number of hydrogen-bond acceptors (Lipinski definition) is 3. The molecular formula is C14H25N3O. The highest BCUT2D eigenvalue weighted by molar-refractivity contribution is 5.84. The molecule has 0 N–H and O–H groups in total. The van der Waals surface area contributed by atoms with Crippen LogP contribution in [0.5, 0.6) is 0 Å². The summed E-state index contributed by atoms with van der Waals surface area (Å²) in [5.41, 5.74) is 0. The first kappa shape index (κ1) is 12.4. The van der Waals surface area contributed by atoms with Crippen molar-refractivity contribution in [1.82, 2.24) is 14.7 Å². The molecule has 2 heterocycles. The maximum absolute atomic E-state index is 12.4. The number of likely N-dealkylation sites (tertiary alicyclic amines) is 1. The molecule has 3 rings (SSSR count). The van der Waals surface area contributed by atoms with E-state index in [-0.39, 0.29) is 6.04 Å². The van der Waals surface area contributed by atoms with Gasteiger partial charge in [0.05, 0.1) is 6.04 Å². The Hall–Kier alpha value is -0.610. The third-order valence-corrected chi connectivity index (χ3v) is 4.72. The van der Waals surface area contributed by atoms with Crippen LogP contribution in [0.25, 0.3) is 0 Å². The summed E-state index contributed by atoms with van der Waals surface area (Å²) >= 11 is 0. The van der Waals surface area contributed by atoms with Gasteiger partial charge >= 0.3 is 0 Å². The Labute approximate surface area is 110 Å². The van der Waals surface area contributed by atoms with Crippen LogP contribution in [-0.4, -0.2) is 71.5 Å². The van der Waals surface area contributed by atoms with E-state index in [1.807, 2.05) is 0 Å². The molecule has 0 spiro atoms. The first-order valence-corrected chi connectivity index (χ1v) is 7.45. The Kier molecular flexibility index (Phi) is 3.32. The lowest BCUT2D eigenvalue weighted by molar-refractivity contribution is -0.133. The lowest BCUT2D eigenvalue weighted by Gasteiger charge is -2.39. The average Bonchev–Trinajstić information content (AvgIpc) is 3.13. The predicted octanol–water partition coefficient (Wildman–Crippen LogP) is 0.776. The van der Waals surface area contributed by atoms with Gasteiger partial charge in [0.1, 0.15) is 0 Å². The second-order valence-corrected chi connectivity index (χ2v) is 6.23. The zero-order valence-electron chi connectivity index (χ0n) is 11.6. The molecule has 4 nitrogen and oxygen atoms in total. The van der Waals surface area contributed by atoms with Gasteiger partial charge < -0.3 is 4.90 Å². The summed E-state index contributed by atoms with van der Waals surface area (Å²) in [5, 5.41) is 0. The number of hydrogen-bond donors (Lipinski definition) is 0. The van der Waals surface area contributed by atoms with Gasteiger partial charge in [-0.25, -0.2) is 0 Å². The van der Waals surface area contributed by atoms with E-state index in [1.54, 1.807) is 0 Å². The largest absolute Gasteiger partial charge is 0.338 e. The Balaban J connectivity index is 1.55. The standard InChI is InChI=1S/C14H25N3O/c1-11(2)15-7-9-16(10-8-15)13-5-6-17(14(13)18)12-3-4-12/h11-13H,3-10H2,1-2H3. The van der Waals surface area contributed by atoms with Gasteiger partial charge in [0.2, 0.25) is 5.91 Å². The van der Waals surface area contributed by atoms with E-state index in [0.29, 0.717) is 18.0 Å². The van der Waals surface area contributed by atoms with Gasteiger partial charge in [-0.05, 0) is 33.1 Å². The van der Waals surface area contributed by atoms with Gasteiger partial charge in [0, 0.05) is 44.8 Å². The molecule has 1 amide bonds. The Morgan fingerprint density at radius 3 is 2.22 bits per heavy atom. The molecule has 0 bridgehead atoms. The van der Waals surface area contributed by atoms with Crippen molar-refractivity contribution < 1.29 is 4.79 Å².